The van der Waals surface area contributed by atoms with Crippen molar-refractivity contribution in [1.29, 1.82) is 0 Å². The minimum absolute atomic E-state index is 0.00259. The van der Waals surface area contributed by atoms with Crippen molar-refractivity contribution in [2.24, 2.45) is 4.52 Å². The van der Waals surface area contributed by atoms with Gasteiger partial charge in [0.2, 0.25) is 0 Å². The molecule has 0 N–H and O–H groups in total. The van der Waals surface area contributed by atoms with E-state index in [1.54, 1.807) is 18.2 Å². The van der Waals surface area contributed by atoms with Gasteiger partial charge >= 0.3 is 0 Å². The summed E-state index contributed by atoms with van der Waals surface area (Å²) in [6.07, 6.45) is 0. The van der Waals surface area contributed by atoms with Gasteiger partial charge in [0.1, 0.15) is 0 Å². The van der Waals surface area contributed by atoms with Crippen LogP contribution in [0.15, 0.2) is 100 Å². The Kier molecular flexibility index (Phi) is 7.17. The number of benzene rings is 3. The number of hydrogen-bond donors (Lipinski definition) is 0. The number of nitrogens with zero attached hydrogens (tertiary/aromatic N) is 3. The lowest BCUT2D eigenvalue weighted by Gasteiger charge is -2.00. The average molecular weight is 369 g/mol. The molecule has 3 aromatic carbocycles. The van der Waals surface area contributed by atoms with Crippen molar-refractivity contribution in [3.05, 3.63) is 101 Å². The van der Waals surface area contributed by atoms with E-state index in [4.69, 9.17) is 5.53 Å². The third kappa shape index (κ3) is 6.40. The van der Waals surface area contributed by atoms with Crippen molar-refractivity contribution in [2.75, 3.05) is 0 Å². The second-order valence-corrected chi connectivity index (χ2v) is 7.81. The molecule has 0 saturated carbocycles. The van der Waals surface area contributed by atoms with Crippen LogP contribution in [0, 0.1) is 0 Å². The topological polar surface area (TPSA) is 82.9 Å². The van der Waals surface area contributed by atoms with E-state index in [-0.39, 0.29) is 4.90 Å². The third-order valence-corrected chi connectivity index (χ3v) is 5.42. The molecule has 7 heteroatoms. The predicted octanol–water partition coefficient (Wildman–Crippen LogP) is 4.00. The van der Waals surface area contributed by atoms with Gasteiger partial charge in [0, 0.05) is 9.43 Å². The fraction of sp³-hybridized carbons (Fsp3) is 0. The summed E-state index contributed by atoms with van der Waals surface area (Å²) in [5.74, 6) is 0. The van der Waals surface area contributed by atoms with Crippen LogP contribution in [0.1, 0.15) is 0 Å². The summed E-state index contributed by atoms with van der Waals surface area (Å²) >= 11 is 0. The lowest BCUT2D eigenvalue weighted by Crippen LogP contribution is -2.01. The highest BCUT2D eigenvalue weighted by molar-refractivity contribution is 7.90. The van der Waals surface area contributed by atoms with E-state index in [1.807, 2.05) is 0 Å². The largest absolute Gasteiger partial charge is 0.264 e. The molecular weight excluding hydrogens is 353 g/mol. The first-order chi connectivity index (χ1) is 12.1. The van der Waals surface area contributed by atoms with Gasteiger partial charge in [0.15, 0.2) is 0 Å². The monoisotopic (exact) mass is 369 g/mol. The summed E-state index contributed by atoms with van der Waals surface area (Å²) < 4.78 is 24.7. The van der Waals surface area contributed by atoms with E-state index >= 15 is 0 Å². The Hall–Kier alpha value is -2.65. The molecule has 0 heterocycles. The average Bonchev–Trinajstić information content (AvgIpc) is 2.65. The zero-order chi connectivity index (χ0) is 18.0. The number of sulfonamides is 1. The van der Waals surface area contributed by atoms with Crippen LogP contribution in [-0.2, 0) is 10.0 Å². The molecule has 0 spiro atoms. The maximum atomic E-state index is 11.0. The van der Waals surface area contributed by atoms with Crippen molar-refractivity contribution < 1.29 is 8.42 Å². The summed E-state index contributed by atoms with van der Waals surface area (Å²) in [7, 11) is -3.03. The van der Waals surface area contributed by atoms with Gasteiger partial charge in [0.25, 0.3) is 10.0 Å². The van der Waals surface area contributed by atoms with Gasteiger partial charge in [0.05, 0.1) is 4.90 Å². The molecule has 3 rings (SSSR count). The minimum atomic E-state index is -3.80. The van der Waals surface area contributed by atoms with E-state index in [2.05, 4.69) is 70.1 Å². The maximum absolute atomic E-state index is 11.0. The molecule has 0 aliphatic rings. The van der Waals surface area contributed by atoms with Crippen LogP contribution in [0.4, 0.5) is 0 Å². The first kappa shape index (κ1) is 18.7. The fourth-order valence-electron chi connectivity index (χ4n) is 1.90. The quantitative estimate of drug-likeness (QED) is 0.301. The summed E-state index contributed by atoms with van der Waals surface area (Å²) in [5.41, 5.74) is 7.94. The van der Waals surface area contributed by atoms with Crippen molar-refractivity contribution in [2.45, 2.75) is 4.90 Å². The second-order valence-electron chi connectivity index (χ2n) is 4.82. The molecular formula is C18H16N3O2PS. The summed E-state index contributed by atoms with van der Waals surface area (Å²) in [6.45, 7) is 0. The molecule has 5 nitrogen and oxygen atoms in total. The van der Waals surface area contributed by atoms with Crippen LogP contribution in [-0.4, -0.2) is 8.42 Å². The Morgan fingerprint density at radius 3 is 1.52 bits per heavy atom. The highest BCUT2D eigenvalue weighted by Crippen LogP contribution is 2.10. The van der Waals surface area contributed by atoms with Gasteiger partial charge in [-0.3, -0.25) is 0 Å². The summed E-state index contributed by atoms with van der Waals surface area (Å²) in [4.78, 5) is 2.22. The first-order valence-corrected chi connectivity index (χ1v) is 9.79. The highest BCUT2D eigenvalue weighted by atomic mass is 32.2. The van der Waals surface area contributed by atoms with E-state index in [0.717, 1.165) is 8.58 Å². The molecule has 3 aromatic rings. The highest BCUT2D eigenvalue weighted by Gasteiger charge is 2.09. The van der Waals surface area contributed by atoms with Gasteiger partial charge in [-0.15, -0.1) is 0 Å². The minimum Gasteiger partial charge on any atom is -0.216 e. The van der Waals surface area contributed by atoms with Crippen molar-refractivity contribution in [3.8, 4) is 0 Å². The van der Waals surface area contributed by atoms with Gasteiger partial charge in [-0.05, 0) is 28.3 Å². The first-order valence-electron chi connectivity index (χ1n) is 7.35. The molecule has 0 fully saturated rings. The Morgan fingerprint density at radius 2 is 1.12 bits per heavy atom. The van der Waals surface area contributed by atoms with Crippen LogP contribution in [0.5, 0.6) is 0 Å². The van der Waals surface area contributed by atoms with Gasteiger partial charge < -0.3 is 0 Å². The number of azide groups is 1. The molecule has 0 aliphatic heterocycles. The molecule has 0 radical (unpaired) electrons. The van der Waals surface area contributed by atoms with E-state index in [9.17, 15) is 8.42 Å². The zero-order valence-corrected chi connectivity index (χ0v) is 15.0. The van der Waals surface area contributed by atoms with Crippen LogP contribution in [0.25, 0.3) is 10.4 Å². The van der Waals surface area contributed by atoms with Crippen LogP contribution in [0.3, 0.4) is 0 Å². The van der Waals surface area contributed by atoms with Crippen LogP contribution < -0.4 is 10.6 Å². The van der Waals surface area contributed by atoms with Crippen LogP contribution in [0.2, 0.25) is 0 Å². The molecule has 25 heavy (non-hydrogen) atoms. The lowest BCUT2D eigenvalue weighted by atomic mass is 10.4. The third-order valence-electron chi connectivity index (χ3n) is 3.02. The smallest absolute Gasteiger partial charge is 0.216 e. The number of hydrogen-bond acceptors (Lipinski definition) is 2. The second kappa shape index (κ2) is 9.60. The van der Waals surface area contributed by atoms with E-state index in [0.29, 0.717) is 0 Å². The maximum Gasteiger partial charge on any atom is 0.264 e. The fourth-order valence-corrected chi connectivity index (χ4v) is 3.64. The van der Waals surface area contributed by atoms with Crippen molar-refractivity contribution in [1.82, 2.24) is 0 Å². The zero-order valence-electron chi connectivity index (χ0n) is 13.2. The van der Waals surface area contributed by atoms with Gasteiger partial charge in [-0.1, -0.05) is 87.4 Å². The Bertz CT molecular complexity index is 890. The Labute approximate surface area is 148 Å². The molecule has 0 amide bonds. The molecule has 0 unspecified atom stereocenters. The van der Waals surface area contributed by atoms with Gasteiger partial charge in [-0.2, -0.15) is 0 Å². The van der Waals surface area contributed by atoms with Crippen LogP contribution >= 0.6 is 8.58 Å². The standard InChI is InChI=1S/C12H11P.C6H5N3O2S/c1-3-7-11(8-4-1)13-12-9-5-2-6-10-12;7-8-9-12(10,11)6-4-2-1-3-5-6/h1-10,13H;1-5H. The molecule has 0 aliphatic carbocycles. The van der Waals surface area contributed by atoms with Gasteiger partial charge in [-0.25, -0.2) is 8.42 Å². The predicted molar refractivity (Wildman–Crippen MR) is 103 cm³/mol. The number of rotatable bonds is 4. The summed E-state index contributed by atoms with van der Waals surface area (Å²) in [6, 6.07) is 28.7. The van der Waals surface area contributed by atoms with Crippen molar-refractivity contribution in [3.63, 3.8) is 0 Å². The SMILES string of the molecule is [N-]=[N+]=NS(=O)(=O)c1ccccc1.c1ccc(Pc2ccccc2)cc1. The summed E-state index contributed by atoms with van der Waals surface area (Å²) in [5, 5.41) is 2.79. The molecule has 126 valence electrons. The molecule has 0 atom stereocenters. The molecule has 0 saturated heterocycles. The normalized spacial score (nSPS) is 10.1. The van der Waals surface area contributed by atoms with E-state index < -0.39 is 10.0 Å². The Morgan fingerprint density at radius 1 is 0.720 bits per heavy atom. The molecule has 0 aromatic heterocycles. The van der Waals surface area contributed by atoms with E-state index in [1.165, 1.54) is 22.7 Å². The lowest BCUT2D eigenvalue weighted by molar-refractivity contribution is 0.597. The molecule has 0 bridgehead atoms. The Balaban J connectivity index is 0.000000181. The van der Waals surface area contributed by atoms with Crippen molar-refractivity contribution >= 4 is 29.2 Å².